The molecule has 1 aromatic heterocycles. The molecule has 6 heteroatoms. The lowest BCUT2D eigenvalue weighted by Crippen LogP contribution is -2.34. The van der Waals surface area contributed by atoms with Crippen LogP contribution in [0.25, 0.3) is 0 Å². The lowest BCUT2D eigenvalue weighted by Gasteiger charge is -2.19. The van der Waals surface area contributed by atoms with Gasteiger partial charge in [0.2, 0.25) is 5.91 Å². The summed E-state index contributed by atoms with van der Waals surface area (Å²) in [6.45, 7) is 5.29. The number of aliphatic carboxylic acids is 1. The molecule has 1 rings (SSSR count). The number of anilines is 1. The van der Waals surface area contributed by atoms with E-state index in [1.54, 1.807) is 26.8 Å². The number of pyridine rings is 1. The Bertz CT molecular complexity index is 472. The molecule has 98 valence electrons. The number of hydrogen-bond donors (Lipinski definition) is 3. The number of primary amides is 1. The number of carboxylic acid groups (broad SMARTS) is 1. The van der Waals surface area contributed by atoms with E-state index in [9.17, 15) is 9.59 Å². The van der Waals surface area contributed by atoms with Gasteiger partial charge in [-0.2, -0.15) is 0 Å². The maximum absolute atomic E-state index is 11.1. The molecule has 0 aromatic carbocycles. The fourth-order valence-electron chi connectivity index (χ4n) is 1.56. The highest BCUT2D eigenvalue weighted by Gasteiger charge is 2.21. The Morgan fingerprint density at radius 2 is 2.00 bits per heavy atom. The number of aryl methyl sites for hydroxylation is 1. The van der Waals surface area contributed by atoms with Crippen molar-refractivity contribution < 1.29 is 14.7 Å². The summed E-state index contributed by atoms with van der Waals surface area (Å²) < 4.78 is 0. The summed E-state index contributed by atoms with van der Waals surface area (Å²) >= 11 is 0. The van der Waals surface area contributed by atoms with Crippen LogP contribution in [0.4, 0.5) is 5.82 Å². The lowest BCUT2D eigenvalue weighted by molar-refractivity contribution is -0.138. The van der Waals surface area contributed by atoms with Crippen molar-refractivity contribution in [2.75, 3.05) is 5.32 Å². The smallest absolute Gasteiger partial charge is 0.326 e. The molecule has 0 aliphatic rings. The molecule has 4 N–H and O–H groups in total. The predicted octanol–water partition coefficient (Wildman–Crippen LogP) is 1.01. The minimum absolute atomic E-state index is 0.109. The number of carboxylic acids is 1. The van der Waals surface area contributed by atoms with Crippen molar-refractivity contribution >= 4 is 17.7 Å². The summed E-state index contributed by atoms with van der Waals surface area (Å²) in [6.07, 6.45) is 0. The first-order chi connectivity index (χ1) is 8.31. The topological polar surface area (TPSA) is 105 Å². The van der Waals surface area contributed by atoms with E-state index in [0.29, 0.717) is 17.1 Å². The van der Waals surface area contributed by atoms with Crippen LogP contribution in [-0.2, 0) is 4.79 Å². The van der Waals surface area contributed by atoms with Gasteiger partial charge in [-0.1, -0.05) is 13.8 Å². The molecule has 1 atom stereocenters. The zero-order valence-corrected chi connectivity index (χ0v) is 10.6. The van der Waals surface area contributed by atoms with Gasteiger partial charge in [-0.25, -0.2) is 9.78 Å². The van der Waals surface area contributed by atoms with Gasteiger partial charge in [-0.15, -0.1) is 0 Å². The van der Waals surface area contributed by atoms with E-state index in [0.717, 1.165) is 0 Å². The molecular formula is C12H17N3O3. The number of nitrogens with two attached hydrogens (primary N) is 1. The van der Waals surface area contributed by atoms with Crippen molar-refractivity contribution in [3.63, 3.8) is 0 Å². The molecule has 0 saturated carbocycles. The Morgan fingerprint density at radius 3 is 2.44 bits per heavy atom. The lowest BCUT2D eigenvalue weighted by atomic mass is 10.0. The van der Waals surface area contributed by atoms with Crippen LogP contribution in [0.1, 0.15) is 29.9 Å². The van der Waals surface area contributed by atoms with Crippen molar-refractivity contribution in [2.24, 2.45) is 11.7 Å². The van der Waals surface area contributed by atoms with Crippen LogP contribution in [0.3, 0.4) is 0 Å². The van der Waals surface area contributed by atoms with E-state index in [4.69, 9.17) is 10.8 Å². The quantitative estimate of drug-likeness (QED) is 0.724. The largest absolute Gasteiger partial charge is 0.480 e. The van der Waals surface area contributed by atoms with Crippen molar-refractivity contribution in [1.29, 1.82) is 0 Å². The number of hydrogen-bond acceptors (Lipinski definition) is 4. The second kappa shape index (κ2) is 5.48. The van der Waals surface area contributed by atoms with E-state index in [2.05, 4.69) is 10.3 Å². The second-order valence-corrected chi connectivity index (χ2v) is 4.45. The molecule has 1 heterocycles. The average Bonchev–Trinajstić information content (AvgIpc) is 2.24. The number of rotatable bonds is 5. The zero-order chi connectivity index (χ0) is 13.9. The van der Waals surface area contributed by atoms with Crippen LogP contribution >= 0.6 is 0 Å². The first-order valence-corrected chi connectivity index (χ1v) is 5.59. The van der Waals surface area contributed by atoms with E-state index in [1.807, 2.05) is 0 Å². The summed E-state index contributed by atoms with van der Waals surface area (Å²) in [7, 11) is 0. The number of carbonyl (C=O) groups is 2. The molecule has 0 fully saturated rings. The fraction of sp³-hybridized carbons (Fsp3) is 0.417. The van der Waals surface area contributed by atoms with Gasteiger partial charge in [-0.05, 0) is 25.0 Å². The molecule has 1 unspecified atom stereocenters. The summed E-state index contributed by atoms with van der Waals surface area (Å²) in [5.41, 5.74) is 6.09. The third kappa shape index (κ3) is 3.44. The van der Waals surface area contributed by atoms with E-state index in [1.165, 1.54) is 6.07 Å². The minimum atomic E-state index is -0.964. The normalized spacial score (nSPS) is 12.2. The maximum atomic E-state index is 11.1. The third-order valence-corrected chi connectivity index (χ3v) is 2.47. The number of aromatic nitrogens is 1. The molecule has 1 amide bonds. The van der Waals surface area contributed by atoms with Gasteiger partial charge in [0.15, 0.2) is 0 Å². The predicted molar refractivity (Wildman–Crippen MR) is 67.4 cm³/mol. The van der Waals surface area contributed by atoms with Gasteiger partial charge in [0, 0.05) is 11.3 Å². The first kappa shape index (κ1) is 14.0. The summed E-state index contributed by atoms with van der Waals surface area (Å²) in [5, 5.41) is 11.9. The number of carbonyl (C=O) groups excluding carboxylic acids is 1. The van der Waals surface area contributed by atoms with Gasteiger partial charge in [0.1, 0.15) is 11.9 Å². The van der Waals surface area contributed by atoms with Gasteiger partial charge < -0.3 is 16.2 Å². The standard InChI is InChI=1S/C12H17N3O3/c1-6(2)10(12(17)18)15-9-5-8(11(13)16)4-7(3)14-9/h4-6,10H,1-3H3,(H2,13,16)(H,14,15)(H,17,18). The van der Waals surface area contributed by atoms with Gasteiger partial charge >= 0.3 is 5.97 Å². The zero-order valence-electron chi connectivity index (χ0n) is 10.6. The highest BCUT2D eigenvalue weighted by Crippen LogP contribution is 2.14. The number of amides is 1. The Hall–Kier alpha value is -2.11. The minimum Gasteiger partial charge on any atom is -0.480 e. The van der Waals surface area contributed by atoms with Gasteiger partial charge in [-0.3, -0.25) is 4.79 Å². The molecule has 6 nitrogen and oxygen atoms in total. The van der Waals surface area contributed by atoms with Crippen LogP contribution in [-0.4, -0.2) is 28.0 Å². The highest BCUT2D eigenvalue weighted by molar-refractivity contribution is 5.93. The van der Waals surface area contributed by atoms with E-state index >= 15 is 0 Å². The Kier molecular flexibility index (Phi) is 4.25. The van der Waals surface area contributed by atoms with Crippen LogP contribution in [0.5, 0.6) is 0 Å². The Balaban J connectivity index is 3.03. The summed E-state index contributed by atoms with van der Waals surface area (Å²) in [5.74, 6) is -1.30. The molecule has 18 heavy (non-hydrogen) atoms. The molecule has 1 aromatic rings. The SMILES string of the molecule is Cc1cc(C(N)=O)cc(NC(C(=O)O)C(C)C)n1. The van der Waals surface area contributed by atoms with Crippen molar-refractivity contribution in [3.05, 3.63) is 23.4 Å². The maximum Gasteiger partial charge on any atom is 0.326 e. The molecule has 0 saturated heterocycles. The average molecular weight is 251 g/mol. The molecule has 0 spiro atoms. The molecule has 0 radical (unpaired) electrons. The Labute approximate surface area is 105 Å². The van der Waals surface area contributed by atoms with Gasteiger partial charge in [0.05, 0.1) is 0 Å². The van der Waals surface area contributed by atoms with E-state index < -0.39 is 17.9 Å². The summed E-state index contributed by atoms with van der Waals surface area (Å²) in [6, 6.07) is 2.24. The number of nitrogens with zero attached hydrogens (tertiary/aromatic N) is 1. The monoisotopic (exact) mass is 251 g/mol. The highest BCUT2D eigenvalue weighted by atomic mass is 16.4. The van der Waals surface area contributed by atoms with Crippen molar-refractivity contribution in [2.45, 2.75) is 26.8 Å². The van der Waals surface area contributed by atoms with E-state index in [-0.39, 0.29) is 5.92 Å². The molecular weight excluding hydrogens is 234 g/mol. The third-order valence-electron chi connectivity index (χ3n) is 2.47. The first-order valence-electron chi connectivity index (χ1n) is 5.59. The number of nitrogens with one attached hydrogen (secondary N) is 1. The fourth-order valence-corrected chi connectivity index (χ4v) is 1.56. The molecule has 0 bridgehead atoms. The van der Waals surface area contributed by atoms with Crippen LogP contribution in [0.2, 0.25) is 0 Å². The van der Waals surface area contributed by atoms with Crippen LogP contribution in [0, 0.1) is 12.8 Å². The molecule has 0 aliphatic heterocycles. The molecule has 0 aliphatic carbocycles. The van der Waals surface area contributed by atoms with Crippen LogP contribution in [0.15, 0.2) is 12.1 Å². The van der Waals surface area contributed by atoms with Crippen LogP contribution < -0.4 is 11.1 Å². The summed E-state index contributed by atoms with van der Waals surface area (Å²) in [4.78, 5) is 26.3. The second-order valence-electron chi connectivity index (χ2n) is 4.45. The van der Waals surface area contributed by atoms with Crippen molar-refractivity contribution in [3.8, 4) is 0 Å². The Morgan fingerprint density at radius 1 is 1.39 bits per heavy atom. The van der Waals surface area contributed by atoms with Gasteiger partial charge in [0.25, 0.3) is 0 Å². The van der Waals surface area contributed by atoms with Crippen molar-refractivity contribution in [1.82, 2.24) is 4.98 Å².